The number of rotatable bonds is 6. The fraction of sp³-hybridized carbons (Fsp3) is 0.429. The third-order valence-electron chi connectivity index (χ3n) is 3.44. The lowest BCUT2D eigenvalue weighted by Gasteiger charge is -2.17. The fourth-order valence-corrected chi connectivity index (χ4v) is 2.93. The molecule has 1 aromatic carbocycles. The highest BCUT2D eigenvalue weighted by Crippen LogP contribution is 2.35. The maximum Gasteiger partial charge on any atom is 0.188 e. The fourth-order valence-electron chi connectivity index (χ4n) is 2.24. The van der Waals surface area contributed by atoms with Crippen molar-refractivity contribution in [2.75, 3.05) is 5.32 Å². The number of aromatic amines is 1. The third-order valence-corrected chi connectivity index (χ3v) is 4.34. The van der Waals surface area contributed by atoms with Crippen molar-refractivity contribution in [1.29, 1.82) is 0 Å². The molecule has 1 aromatic heterocycles. The summed E-state index contributed by atoms with van der Waals surface area (Å²) in [5, 5.41) is 11.2. The molecular weight excluding hydrogens is 256 g/mol. The Morgan fingerprint density at radius 3 is 2.74 bits per heavy atom. The number of hydrogen-bond donors (Lipinski definition) is 2. The van der Waals surface area contributed by atoms with Crippen LogP contribution in [-0.2, 0) is 0 Å². The molecule has 100 valence electrons. The zero-order valence-corrected chi connectivity index (χ0v) is 11.8. The zero-order valence-electron chi connectivity index (χ0n) is 11.0. The molecule has 19 heavy (non-hydrogen) atoms. The van der Waals surface area contributed by atoms with Gasteiger partial charge in [0.15, 0.2) is 5.16 Å². The van der Waals surface area contributed by atoms with Crippen molar-refractivity contribution in [2.24, 2.45) is 5.92 Å². The van der Waals surface area contributed by atoms with Gasteiger partial charge in [0.1, 0.15) is 6.33 Å². The van der Waals surface area contributed by atoms with Gasteiger partial charge in [-0.15, -0.1) is 0 Å². The average Bonchev–Trinajstić information content (AvgIpc) is 3.16. The largest absolute Gasteiger partial charge is 0.382 e. The van der Waals surface area contributed by atoms with E-state index in [1.807, 2.05) is 0 Å². The van der Waals surface area contributed by atoms with Crippen LogP contribution in [0.4, 0.5) is 5.69 Å². The van der Waals surface area contributed by atoms with Crippen molar-refractivity contribution in [3.63, 3.8) is 0 Å². The smallest absolute Gasteiger partial charge is 0.188 e. The zero-order chi connectivity index (χ0) is 13.1. The maximum atomic E-state index is 4.11. The third kappa shape index (κ3) is 3.29. The summed E-state index contributed by atoms with van der Waals surface area (Å²) in [6.07, 6.45) is 5.48. The molecular formula is C14H18N4S. The molecule has 1 saturated carbocycles. The highest BCUT2D eigenvalue weighted by molar-refractivity contribution is 7.99. The minimum atomic E-state index is 0.632. The minimum Gasteiger partial charge on any atom is -0.382 e. The van der Waals surface area contributed by atoms with Crippen molar-refractivity contribution in [1.82, 2.24) is 15.2 Å². The van der Waals surface area contributed by atoms with Gasteiger partial charge in [-0.25, -0.2) is 4.98 Å². The molecule has 1 fully saturated rings. The molecule has 2 aromatic rings. The van der Waals surface area contributed by atoms with Gasteiger partial charge in [-0.3, -0.25) is 5.10 Å². The Balaban J connectivity index is 1.61. The number of aromatic nitrogens is 3. The molecule has 3 rings (SSSR count). The summed E-state index contributed by atoms with van der Waals surface area (Å²) in [6, 6.07) is 9.16. The van der Waals surface area contributed by atoms with E-state index in [0.29, 0.717) is 6.04 Å². The SMILES string of the molecule is CCC(Nc1ccc(Sc2ncn[nH]2)cc1)C1CC1. The van der Waals surface area contributed by atoms with E-state index in [1.165, 1.54) is 36.2 Å². The second-order valence-electron chi connectivity index (χ2n) is 4.91. The van der Waals surface area contributed by atoms with Gasteiger partial charge in [-0.1, -0.05) is 18.7 Å². The Bertz CT molecular complexity index is 505. The van der Waals surface area contributed by atoms with Gasteiger partial charge in [-0.2, -0.15) is 5.10 Å². The van der Waals surface area contributed by atoms with Crippen molar-refractivity contribution in [3.05, 3.63) is 30.6 Å². The summed E-state index contributed by atoms with van der Waals surface area (Å²) in [7, 11) is 0. The normalized spacial score (nSPS) is 16.3. The van der Waals surface area contributed by atoms with Gasteiger partial charge < -0.3 is 5.32 Å². The summed E-state index contributed by atoms with van der Waals surface area (Å²) in [5.74, 6) is 0.883. The lowest BCUT2D eigenvalue weighted by Crippen LogP contribution is -2.20. The standard InChI is InChI=1S/C14H18N4S/c1-2-13(10-3-4-10)17-11-5-7-12(8-6-11)19-14-15-9-16-18-14/h5-10,13,17H,2-4H2,1H3,(H,15,16,18). The van der Waals surface area contributed by atoms with Gasteiger partial charge in [0.25, 0.3) is 0 Å². The first-order chi connectivity index (χ1) is 9.35. The molecule has 0 amide bonds. The second kappa shape index (κ2) is 5.65. The second-order valence-corrected chi connectivity index (χ2v) is 5.98. The summed E-state index contributed by atoms with van der Waals surface area (Å²) >= 11 is 1.59. The molecule has 4 nitrogen and oxygen atoms in total. The topological polar surface area (TPSA) is 53.6 Å². The summed E-state index contributed by atoms with van der Waals surface area (Å²) in [5.41, 5.74) is 1.21. The molecule has 0 bridgehead atoms. The number of nitrogens with one attached hydrogen (secondary N) is 2. The van der Waals surface area contributed by atoms with Crippen molar-refractivity contribution in [2.45, 2.75) is 42.3 Å². The van der Waals surface area contributed by atoms with Crippen LogP contribution in [0, 0.1) is 5.92 Å². The van der Waals surface area contributed by atoms with Gasteiger partial charge in [0.2, 0.25) is 0 Å². The maximum absolute atomic E-state index is 4.11. The summed E-state index contributed by atoms with van der Waals surface area (Å²) in [6.45, 7) is 2.25. The molecule has 1 unspecified atom stereocenters. The van der Waals surface area contributed by atoms with E-state index < -0.39 is 0 Å². The molecule has 1 aliphatic carbocycles. The highest BCUT2D eigenvalue weighted by Gasteiger charge is 2.29. The van der Waals surface area contributed by atoms with E-state index in [-0.39, 0.29) is 0 Å². The van der Waals surface area contributed by atoms with Crippen LogP contribution in [0.15, 0.2) is 40.6 Å². The Morgan fingerprint density at radius 1 is 1.37 bits per heavy atom. The molecule has 2 N–H and O–H groups in total. The van der Waals surface area contributed by atoms with Crippen molar-refractivity contribution >= 4 is 17.4 Å². The average molecular weight is 274 g/mol. The molecule has 1 heterocycles. The number of anilines is 1. The molecule has 0 spiro atoms. The quantitative estimate of drug-likeness (QED) is 0.845. The van der Waals surface area contributed by atoms with Gasteiger partial charge in [0.05, 0.1) is 0 Å². The number of hydrogen-bond acceptors (Lipinski definition) is 4. The van der Waals surface area contributed by atoms with Crippen LogP contribution >= 0.6 is 11.8 Å². The highest BCUT2D eigenvalue weighted by atomic mass is 32.2. The van der Waals surface area contributed by atoms with Crippen molar-refractivity contribution in [3.8, 4) is 0 Å². The van der Waals surface area contributed by atoms with Crippen LogP contribution in [-0.4, -0.2) is 21.2 Å². The number of H-pyrrole nitrogens is 1. The van der Waals surface area contributed by atoms with E-state index in [0.717, 1.165) is 11.1 Å². The van der Waals surface area contributed by atoms with E-state index in [2.05, 4.69) is 51.7 Å². The van der Waals surface area contributed by atoms with Crippen molar-refractivity contribution < 1.29 is 0 Å². The van der Waals surface area contributed by atoms with E-state index in [9.17, 15) is 0 Å². The Kier molecular flexibility index (Phi) is 3.73. The van der Waals surface area contributed by atoms with Crippen LogP contribution in [0.3, 0.4) is 0 Å². The van der Waals surface area contributed by atoms with Crippen LogP contribution in [0.5, 0.6) is 0 Å². The molecule has 0 radical (unpaired) electrons. The molecule has 1 aliphatic rings. The Hall–Kier alpha value is -1.49. The molecule has 0 aliphatic heterocycles. The minimum absolute atomic E-state index is 0.632. The first kappa shape index (κ1) is 12.5. The molecule has 0 saturated heterocycles. The van der Waals surface area contributed by atoms with E-state index >= 15 is 0 Å². The molecule has 5 heteroatoms. The number of benzene rings is 1. The first-order valence-corrected chi connectivity index (χ1v) is 7.56. The van der Waals surface area contributed by atoms with Gasteiger partial charge >= 0.3 is 0 Å². The van der Waals surface area contributed by atoms with Gasteiger partial charge in [-0.05, 0) is 49.4 Å². The van der Waals surface area contributed by atoms with Crippen LogP contribution < -0.4 is 5.32 Å². The predicted molar refractivity (Wildman–Crippen MR) is 77.4 cm³/mol. The first-order valence-electron chi connectivity index (χ1n) is 6.75. The lowest BCUT2D eigenvalue weighted by molar-refractivity contribution is 0.616. The van der Waals surface area contributed by atoms with Gasteiger partial charge in [0, 0.05) is 16.6 Å². The Labute approximate surface area is 117 Å². The monoisotopic (exact) mass is 274 g/mol. The van der Waals surface area contributed by atoms with Crippen LogP contribution in [0.1, 0.15) is 26.2 Å². The number of nitrogens with zero attached hydrogens (tertiary/aromatic N) is 2. The summed E-state index contributed by atoms with van der Waals surface area (Å²) in [4.78, 5) is 5.28. The van der Waals surface area contributed by atoms with E-state index in [4.69, 9.17) is 0 Å². The van der Waals surface area contributed by atoms with Crippen LogP contribution in [0.25, 0.3) is 0 Å². The lowest BCUT2D eigenvalue weighted by atomic mass is 10.1. The van der Waals surface area contributed by atoms with E-state index in [1.54, 1.807) is 11.8 Å². The molecule has 1 atom stereocenters. The summed E-state index contributed by atoms with van der Waals surface area (Å²) < 4.78 is 0. The predicted octanol–water partition coefficient (Wildman–Crippen LogP) is 3.56. The Morgan fingerprint density at radius 2 is 2.16 bits per heavy atom. The van der Waals surface area contributed by atoms with Crippen LogP contribution in [0.2, 0.25) is 0 Å².